The Bertz CT molecular complexity index is 1160. The highest BCUT2D eigenvalue weighted by Crippen LogP contribution is 2.07. The van der Waals surface area contributed by atoms with Crippen molar-refractivity contribution in [3.63, 3.8) is 0 Å². The minimum atomic E-state index is -1.62. The molecule has 10 N–H and O–H groups in total. The van der Waals surface area contributed by atoms with Gasteiger partial charge in [0.2, 0.25) is 23.6 Å². The number of hydrogen-bond donors (Lipinski definition) is 8. The lowest BCUT2D eigenvalue weighted by molar-refractivity contribution is -0.143. The summed E-state index contributed by atoms with van der Waals surface area (Å²) >= 11 is 0. The first kappa shape index (κ1) is 30.4. The van der Waals surface area contributed by atoms with E-state index >= 15 is 0 Å². The molecular formula is C24H31N7O8. The molecule has 2 rings (SSSR count). The van der Waals surface area contributed by atoms with Crippen molar-refractivity contribution in [2.45, 2.75) is 56.3 Å². The predicted molar refractivity (Wildman–Crippen MR) is 135 cm³/mol. The Hall–Kier alpha value is -4.79. The highest BCUT2D eigenvalue weighted by Gasteiger charge is 2.32. The molecule has 0 aliphatic rings. The molecule has 0 saturated heterocycles. The van der Waals surface area contributed by atoms with Gasteiger partial charge in [-0.05, 0) is 12.0 Å². The summed E-state index contributed by atoms with van der Waals surface area (Å²) < 4.78 is 0. The van der Waals surface area contributed by atoms with Gasteiger partial charge in [0.1, 0.15) is 18.1 Å². The van der Waals surface area contributed by atoms with Crippen LogP contribution < -0.4 is 27.4 Å². The largest absolute Gasteiger partial charge is 0.481 e. The average Bonchev–Trinajstić information content (AvgIpc) is 3.39. The number of carboxylic acids is 2. The number of nitrogens with zero attached hydrogens (tertiary/aromatic N) is 1. The van der Waals surface area contributed by atoms with Gasteiger partial charge in [0, 0.05) is 31.2 Å². The molecule has 0 fully saturated rings. The Balaban J connectivity index is 2.21. The second-order valence-corrected chi connectivity index (χ2v) is 8.70. The topological polar surface area (TPSA) is 260 Å². The van der Waals surface area contributed by atoms with Gasteiger partial charge in [0.25, 0.3) is 0 Å². The van der Waals surface area contributed by atoms with Crippen LogP contribution in [0.1, 0.15) is 30.5 Å². The number of carboxylic acid groups (broad SMARTS) is 2. The van der Waals surface area contributed by atoms with Crippen LogP contribution >= 0.6 is 0 Å². The van der Waals surface area contributed by atoms with Crippen molar-refractivity contribution in [1.82, 2.24) is 25.9 Å². The number of nitrogens with one attached hydrogen (secondary N) is 4. The molecule has 4 unspecified atom stereocenters. The van der Waals surface area contributed by atoms with Crippen LogP contribution in [0.3, 0.4) is 0 Å². The van der Waals surface area contributed by atoms with E-state index in [-0.39, 0.29) is 25.7 Å². The molecule has 4 atom stereocenters. The normalized spacial score (nSPS) is 13.8. The molecule has 0 spiro atoms. The smallest absolute Gasteiger partial charge is 0.326 e. The fraction of sp³-hybridized carbons (Fsp3) is 0.375. The van der Waals surface area contributed by atoms with E-state index in [9.17, 15) is 39.0 Å². The molecule has 210 valence electrons. The maximum atomic E-state index is 13.2. The molecule has 0 radical (unpaired) electrons. The summed E-state index contributed by atoms with van der Waals surface area (Å²) in [6.45, 7) is 0. The first-order valence-corrected chi connectivity index (χ1v) is 11.9. The van der Waals surface area contributed by atoms with Gasteiger partial charge in [-0.25, -0.2) is 9.78 Å². The summed E-state index contributed by atoms with van der Waals surface area (Å²) in [5.41, 5.74) is 11.8. The Kier molecular flexibility index (Phi) is 11.6. The standard InChI is InChI=1S/C24H31N7O8/c25-15(6-7-19(26)32)21(35)29-17(10-20(33)34)23(37)30-16(8-13-4-2-1-3-5-13)22(36)31-18(24(38)39)9-14-11-27-12-28-14/h1-5,11-12,15-18H,6-10,25H2,(H2,26,32)(H,27,28)(H,29,35)(H,30,37)(H,31,36)(H,33,34)(H,38,39). The zero-order valence-electron chi connectivity index (χ0n) is 20.8. The van der Waals surface area contributed by atoms with Crippen molar-refractivity contribution in [2.75, 3.05) is 0 Å². The number of aliphatic carboxylic acids is 2. The lowest BCUT2D eigenvalue weighted by Gasteiger charge is -2.24. The monoisotopic (exact) mass is 545 g/mol. The number of carbonyl (C=O) groups excluding carboxylic acids is 4. The third-order valence-electron chi connectivity index (χ3n) is 5.56. The lowest BCUT2D eigenvalue weighted by Crippen LogP contribution is -2.58. The minimum Gasteiger partial charge on any atom is -0.481 e. The second kappa shape index (κ2) is 14.8. The van der Waals surface area contributed by atoms with Gasteiger partial charge < -0.3 is 42.6 Å². The van der Waals surface area contributed by atoms with Crippen LogP contribution in [0, 0.1) is 0 Å². The number of carbonyl (C=O) groups is 6. The molecule has 15 heteroatoms. The van der Waals surface area contributed by atoms with Gasteiger partial charge >= 0.3 is 11.9 Å². The summed E-state index contributed by atoms with van der Waals surface area (Å²) in [5, 5.41) is 25.9. The molecule has 4 amide bonds. The maximum absolute atomic E-state index is 13.2. The molecule has 1 aromatic carbocycles. The molecule has 0 saturated carbocycles. The van der Waals surface area contributed by atoms with Crippen LogP contribution in [0.4, 0.5) is 0 Å². The maximum Gasteiger partial charge on any atom is 0.326 e. The number of hydrogen-bond acceptors (Lipinski definition) is 8. The van der Waals surface area contributed by atoms with Crippen molar-refractivity contribution in [2.24, 2.45) is 11.5 Å². The van der Waals surface area contributed by atoms with E-state index in [2.05, 4.69) is 25.9 Å². The van der Waals surface area contributed by atoms with Crippen molar-refractivity contribution in [3.05, 3.63) is 54.1 Å². The molecule has 39 heavy (non-hydrogen) atoms. The fourth-order valence-electron chi connectivity index (χ4n) is 3.51. The zero-order valence-corrected chi connectivity index (χ0v) is 20.8. The fourth-order valence-corrected chi connectivity index (χ4v) is 3.51. The Morgan fingerprint density at radius 2 is 1.49 bits per heavy atom. The van der Waals surface area contributed by atoms with E-state index in [0.717, 1.165) is 0 Å². The number of aromatic nitrogens is 2. The summed E-state index contributed by atoms with van der Waals surface area (Å²) in [7, 11) is 0. The number of rotatable bonds is 16. The molecule has 2 aromatic rings. The Morgan fingerprint density at radius 3 is 2.05 bits per heavy atom. The number of benzene rings is 1. The first-order valence-electron chi connectivity index (χ1n) is 11.9. The number of amides is 4. The van der Waals surface area contributed by atoms with Crippen LogP contribution in [-0.2, 0) is 41.6 Å². The number of primary amides is 1. The van der Waals surface area contributed by atoms with Crippen LogP contribution in [0.25, 0.3) is 0 Å². The Morgan fingerprint density at radius 1 is 0.872 bits per heavy atom. The molecule has 0 aliphatic heterocycles. The second-order valence-electron chi connectivity index (χ2n) is 8.70. The molecule has 1 aromatic heterocycles. The summed E-state index contributed by atoms with van der Waals surface area (Å²) in [5.74, 6) is -6.20. The van der Waals surface area contributed by atoms with Gasteiger partial charge in [-0.2, -0.15) is 0 Å². The van der Waals surface area contributed by atoms with E-state index < -0.39 is 66.2 Å². The van der Waals surface area contributed by atoms with Crippen molar-refractivity contribution in [1.29, 1.82) is 0 Å². The molecular weight excluding hydrogens is 514 g/mol. The van der Waals surface area contributed by atoms with Crippen LogP contribution in [0.2, 0.25) is 0 Å². The highest BCUT2D eigenvalue weighted by molar-refractivity contribution is 5.95. The van der Waals surface area contributed by atoms with Crippen LogP contribution in [-0.4, -0.2) is 79.9 Å². The third kappa shape index (κ3) is 10.6. The molecule has 15 nitrogen and oxygen atoms in total. The predicted octanol–water partition coefficient (Wildman–Crippen LogP) is -2.20. The summed E-state index contributed by atoms with van der Waals surface area (Å²) in [4.78, 5) is 79.3. The van der Waals surface area contributed by atoms with E-state index in [0.29, 0.717) is 11.3 Å². The number of nitrogens with two attached hydrogens (primary N) is 2. The van der Waals surface area contributed by atoms with E-state index in [1.54, 1.807) is 30.3 Å². The van der Waals surface area contributed by atoms with E-state index in [1.165, 1.54) is 12.5 Å². The number of aromatic amines is 1. The van der Waals surface area contributed by atoms with Gasteiger partial charge in [-0.15, -0.1) is 0 Å². The van der Waals surface area contributed by atoms with Gasteiger partial charge in [0.05, 0.1) is 18.8 Å². The lowest BCUT2D eigenvalue weighted by atomic mass is 10.0. The first-order chi connectivity index (χ1) is 18.5. The van der Waals surface area contributed by atoms with E-state index in [1.807, 2.05) is 0 Å². The van der Waals surface area contributed by atoms with Crippen molar-refractivity contribution < 1.29 is 39.0 Å². The molecule has 0 bridgehead atoms. The quantitative estimate of drug-likeness (QED) is 0.113. The van der Waals surface area contributed by atoms with Crippen molar-refractivity contribution >= 4 is 35.6 Å². The zero-order chi connectivity index (χ0) is 28.9. The number of H-pyrrole nitrogens is 1. The average molecular weight is 546 g/mol. The Labute approximate surface area is 222 Å². The third-order valence-corrected chi connectivity index (χ3v) is 5.56. The van der Waals surface area contributed by atoms with Gasteiger partial charge in [0.15, 0.2) is 0 Å². The van der Waals surface area contributed by atoms with Crippen LogP contribution in [0.15, 0.2) is 42.9 Å². The van der Waals surface area contributed by atoms with Crippen LogP contribution in [0.5, 0.6) is 0 Å². The molecule has 1 heterocycles. The highest BCUT2D eigenvalue weighted by atomic mass is 16.4. The molecule has 0 aliphatic carbocycles. The summed E-state index contributed by atoms with van der Waals surface area (Å²) in [6.07, 6.45) is 1.40. The van der Waals surface area contributed by atoms with E-state index in [4.69, 9.17) is 11.5 Å². The summed E-state index contributed by atoms with van der Waals surface area (Å²) in [6, 6.07) is 2.93. The minimum absolute atomic E-state index is 0.0688. The van der Waals surface area contributed by atoms with Gasteiger partial charge in [-0.3, -0.25) is 24.0 Å². The van der Waals surface area contributed by atoms with Crippen molar-refractivity contribution in [3.8, 4) is 0 Å². The number of imidazole rings is 1. The SMILES string of the molecule is NC(=O)CCC(N)C(=O)NC(CC(=O)O)C(=O)NC(Cc1ccccc1)C(=O)NC(Cc1cnc[nH]1)C(=O)O. The van der Waals surface area contributed by atoms with Gasteiger partial charge in [-0.1, -0.05) is 30.3 Å².